The van der Waals surface area contributed by atoms with E-state index in [4.69, 9.17) is 11.6 Å². The zero-order chi connectivity index (χ0) is 14.2. The first-order valence-corrected chi connectivity index (χ1v) is 7.36. The number of hydrogen-bond donors (Lipinski definition) is 1. The fourth-order valence-electron chi connectivity index (χ4n) is 2.70. The topological polar surface area (TPSA) is 49.4 Å². The molecule has 2 amide bonds. The van der Waals surface area contributed by atoms with Crippen molar-refractivity contribution in [2.24, 2.45) is 5.41 Å². The molecule has 1 saturated carbocycles. The molecule has 1 aliphatic carbocycles. The third kappa shape index (κ3) is 2.40. The molecule has 2 aliphatic rings. The van der Waals surface area contributed by atoms with Crippen molar-refractivity contribution in [3.05, 3.63) is 29.3 Å². The molecule has 3 rings (SSSR count). The Morgan fingerprint density at radius 2 is 1.90 bits per heavy atom. The Balaban J connectivity index is 1.71. The van der Waals surface area contributed by atoms with Crippen molar-refractivity contribution in [3.8, 4) is 0 Å². The number of carbonyl (C=O) groups is 2. The van der Waals surface area contributed by atoms with E-state index in [1.54, 1.807) is 24.3 Å². The van der Waals surface area contributed by atoms with Crippen LogP contribution >= 0.6 is 11.6 Å². The molecule has 0 unspecified atom stereocenters. The minimum atomic E-state index is -0.827. The summed E-state index contributed by atoms with van der Waals surface area (Å²) < 4.78 is 0. The molecule has 1 aromatic carbocycles. The average Bonchev–Trinajstić information content (AvgIpc) is 3.06. The first-order valence-electron chi connectivity index (χ1n) is 6.98. The standard InChI is InChI=1S/C15H17ClN2O2/c16-11-4-3-5-12(10-11)17-13(19)15(6-7-15)14(20)18-8-1-2-9-18/h3-5,10H,1-2,6-9H2,(H,17,19). The number of hydrogen-bond acceptors (Lipinski definition) is 2. The van der Waals surface area contributed by atoms with Crippen LogP contribution in [0, 0.1) is 5.41 Å². The van der Waals surface area contributed by atoms with E-state index >= 15 is 0 Å². The number of benzene rings is 1. The normalized spacial score (nSPS) is 19.8. The molecule has 1 aliphatic heterocycles. The molecule has 1 N–H and O–H groups in total. The lowest BCUT2D eigenvalue weighted by Crippen LogP contribution is -2.41. The van der Waals surface area contributed by atoms with Crippen LogP contribution in [-0.4, -0.2) is 29.8 Å². The molecule has 106 valence electrons. The molecule has 1 saturated heterocycles. The van der Waals surface area contributed by atoms with Gasteiger partial charge in [-0.15, -0.1) is 0 Å². The number of nitrogens with zero attached hydrogens (tertiary/aromatic N) is 1. The molecular formula is C15H17ClN2O2. The number of carbonyl (C=O) groups excluding carboxylic acids is 2. The lowest BCUT2D eigenvalue weighted by molar-refractivity contribution is -0.141. The number of anilines is 1. The van der Waals surface area contributed by atoms with Gasteiger partial charge in [0.05, 0.1) is 0 Å². The summed E-state index contributed by atoms with van der Waals surface area (Å²) in [5, 5.41) is 3.39. The number of halogens is 1. The third-order valence-corrected chi connectivity index (χ3v) is 4.30. The number of nitrogens with one attached hydrogen (secondary N) is 1. The highest BCUT2D eigenvalue weighted by atomic mass is 35.5. The lowest BCUT2D eigenvalue weighted by Gasteiger charge is -2.22. The third-order valence-electron chi connectivity index (χ3n) is 4.07. The Kier molecular flexibility index (Phi) is 3.42. The molecule has 0 spiro atoms. The summed E-state index contributed by atoms with van der Waals surface area (Å²) in [4.78, 5) is 26.7. The highest BCUT2D eigenvalue weighted by Gasteiger charge is 2.58. The SMILES string of the molecule is O=C(Nc1cccc(Cl)c1)C1(C(=O)N2CCCC2)CC1. The van der Waals surface area contributed by atoms with Gasteiger partial charge in [-0.1, -0.05) is 17.7 Å². The van der Waals surface area contributed by atoms with Gasteiger partial charge < -0.3 is 10.2 Å². The summed E-state index contributed by atoms with van der Waals surface area (Å²) in [6, 6.07) is 7.00. The van der Waals surface area contributed by atoms with Crippen molar-refractivity contribution in [1.29, 1.82) is 0 Å². The van der Waals surface area contributed by atoms with Crippen molar-refractivity contribution >= 4 is 29.1 Å². The van der Waals surface area contributed by atoms with Crippen LogP contribution < -0.4 is 5.32 Å². The van der Waals surface area contributed by atoms with Crippen LogP contribution in [0.25, 0.3) is 0 Å². The van der Waals surface area contributed by atoms with Crippen molar-refractivity contribution in [2.45, 2.75) is 25.7 Å². The molecule has 0 aromatic heterocycles. The molecule has 1 heterocycles. The summed E-state index contributed by atoms with van der Waals surface area (Å²) in [7, 11) is 0. The van der Waals surface area contributed by atoms with Crippen molar-refractivity contribution in [2.75, 3.05) is 18.4 Å². The van der Waals surface area contributed by atoms with Crippen molar-refractivity contribution in [1.82, 2.24) is 4.90 Å². The van der Waals surface area contributed by atoms with Gasteiger partial charge in [0, 0.05) is 23.8 Å². The van der Waals surface area contributed by atoms with E-state index in [9.17, 15) is 9.59 Å². The second-order valence-electron chi connectivity index (χ2n) is 5.55. The summed E-state index contributed by atoms with van der Waals surface area (Å²) in [6.45, 7) is 1.57. The van der Waals surface area contributed by atoms with Gasteiger partial charge >= 0.3 is 0 Å². The van der Waals surface area contributed by atoms with E-state index in [2.05, 4.69) is 5.32 Å². The Morgan fingerprint density at radius 1 is 1.20 bits per heavy atom. The van der Waals surface area contributed by atoms with Crippen LogP contribution in [0.5, 0.6) is 0 Å². The van der Waals surface area contributed by atoms with E-state index < -0.39 is 5.41 Å². The molecule has 0 atom stereocenters. The average molecular weight is 293 g/mol. The van der Waals surface area contributed by atoms with E-state index in [-0.39, 0.29) is 11.8 Å². The zero-order valence-corrected chi connectivity index (χ0v) is 11.9. The van der Waals surface area contributed by atoms with Gasteiger partial charge in [-0.25, -0.2) is 0 Å². The summed E-state index contributed by atoms with van der Waals surface area (Å²) in [5.41, 5.74) is -0.185. The van der Waals surface area contributed by atoms with Crippen LogP contribution in [0.2, 0.25) is 5.02 Å². The van der Waals surface area contributed by atoms with Gasteiger partial charge in [-0.3, -0.25) is 9.59 Å². The number of amides is 2. The number of likely N-dealkylation sites (tertiary alicyclic amines) is 1. The smallest absolute Gasteiger partial charge is 0.240 e. The van der Waals surface area contributed by atoms with E-state index in [0.717, 1.165) is 25.9 Å². The van der Waals surface area contributed by atoms with Crippen LogP contribution in [-0.2, 0) is 9.59 Å². The Hall–Kier alpha value is -1.55. The van der Waals surface area contributed by atoms with Crippen LogP contribution in [0.1, 0.15) is 25.7 Å². The van der Waals surface area contributed by atoms with Crippen molar-refractivity contribution < 1.29 is 9.59 Å². The molecule has 4 nitrogen and oxygen atoms in total. The Labute approximate surface area is 123 Å². The quantitative estimate of drug-likeness (QED) is 0.871. The second kappa shape index (κ2) is 5.09. The number of rotatable bonds is 3. The molecule has 20 heavy (non-hydrogen) atoms. The van der Waals surface area contributed by atoms with Crippen molar-refractivity contribution in [3.63, 3.8) is 0 Å². The summed E-state index contributed by atoms with van der Waals surface area (Å²) in [5.74, 6) is -0.203. The minimum Gasteiger partial charge on any atom is -0.342 e. The Morgan fingerprint density at radius 3 is 2.50 bits per heavy atom. The largest absolute Gasteiger partial charge is 0.342 e. The summed E-state index contributed by atoms with van der Waals surface area (Å²) in [6.07, 6.45) is 3.37. The Bertz CT molecular complexity index is 549. The molecule has 1 aromatic rings. The van der Waals surface area contributed by atoms with Crippen LogP contribution in [0.3, 0.4) is 0 Å². The predicted octanol–water partition coefficient (Wildman–Crippen LogP) is 2.68. The van der Waals surface area contributed by atoms with E-state index in [1.807, 2.05) is 4.90 Å². The molecule has 5 heteroatoms. The van der Waals surface area contributed by atoms with Gasteiger partial charge in [0.15, 0.2) is 0 Å². The van der Waals surface area contributed by atoms with Crippen LogP contribution in [0.15, 0.2) is 24.3 Å². The second-order valence-corrected chi connectivity index (χ2v) is 5.98. The molecule has 0 bridgehead atoms. The van der Waals surface area contributed by atoms with Gasteiger partial charge in [0.25, 0.3) is 0 Å². The first kappa shape index (κ1) is 13.4. The maximum absolute atomic E-state index is 12.5. The van der Waals surface area contributed by atoms with E-state index in [0.29, 0.717) is 23.6 Å². The fraction of sp³-hybridized carbons (Fsp3) is 0.467. The molecular weight excluding hydrogens is 276 g/mol. The highest BCUT2D eigenvalue weighted by molar-refractivity contribution is 6.31. The minimum absolute atomic E-state index is 0.00507. The molecule has 2 fully saturated rings. The monoisotopic (exact) mass is 292 g/mol. The predicted molar refractivity (Wildman–Crippen MR) is 77.6 cm³/mol. The van der Waals surface area contributed by atoms with Gasteiger partial charge in [-0.05, 0) is 43.9 Å². The fourth-order valence-corrected chi connectivity index (χ4v) is 2.89. The maximum Gasteiger partial charge on any atom is 0.240 e. The summed E-state index contributed by atoms with van der Waals surface area (Å²) >= 11 is 5.90. The van der Waals surface area contributed by atoms with Gasteiger partial charge in [0.1, 0.15) is 5.41 Å². The van der Waals surface area contributed by atoms with E-state index in [1.165, 1.54) is 0 Å². The highest BCUT2D eigenvalue weighted by Crippen LogP contribution is 2.48. The zero-order valence-electron chi connectivity index (χ0n) is 11.2. The first-order chi connectivity index (χ1) is 9.62. The van der Waals surface area contributed by atoms with Gasteiger partial charge in [0.2, 0.25) is 11.8 Å². The van der Waals surface area contributed by atoms with Gasteiger partial charge in [-0.2, -0.15) is 0 Å². The lowest BCUT2D eigenvalue weighted by atomic mass is 10.0. The van der Waals surface area contributed by atoms with Crippen LogP contribution in [0.4, 0.5) is 5.69 Å². The molecule has 0 radical (unpaired) electrons. The maximum atomic E-state index is 12.5.